The molecule has 7 nitrogen and oxygen atoms in total. The van der Waals surface area contributed by atoms with Crippen molar-refractivity contribution in [3.8, 4) is 0 Å². The predicted octanol–water partition coefficient (Wildman–Crippen LogP) is 3.34. The first-order valence-electron chi connectivity index (χ1n) is 7.95. The highest BCUT2D eigenvalue weighted by Crippen LogP contribution is 2.29. The molecule has 1 aromatic heterocycles. The second kappa shape index (κ2) is 8.41. The summed E-state index contributed by atoms with van der Waals surface area (Å²) in [6.45, 7) is 4.62. The van der Waals surface area contributed by atoms with Gasteiger partial charge in [-0.1, -0.05) is 19.9 Å². The molecule has 0 aliphatic rings. The van der Waals surface area contributed by atoms with E-state index in [1.54, 1.807) is 25.2 Å². The summed E-state index contributed by atoms with van der Waals surface area (Å²) in [4.78, 5) is 11.9. The largest absolute Gasteiger partial charge is 0.379 e. The SMILES string of the molecule is CCN(CC)S(=O)(=O)c1ccc(NCCc2cccs2)c([N+](=O)[O-])c1. The van der Waals surface area contributed by atoms with Gasteiger partial charge in [0.25, 0.3) is 5.69 Å². The van der Waals surface area contributed by atoms with Gasteiger partial charge in [0.2, 0.25) is 10.0 Å². The Hall–Kier alpha value is -1.97. The van der Waals surface area contributed by atoms with Gasteiger partial charge >= 0.3 is 0 Å². The lowest BCUT2D eigenvalue weighted by atomic mass is 10.2. The summed E-state index contributed by atoms with van der Waals surface area (Å²) in [5.41, 5.74) is 0.0828. The molecule has 0 atom stereocenters. The lowest BCUT2D eigenvalue weighted by Gasteiger charge is -2.18. The molecule has 0 fully saturated rings. The van der Waals surface area contributed by atoms with Crippen LogP contribution in [0.25, 0.3) is 0 Å². The lowest BCUT2D eigenvalue weighted by molar-refractivity contribution is -0.384. The van der Waals surface area contributed by atoms with Gasteiger partial charge in [-0.25, -0.2) is 8.42 Å². The monoisotopic (exact) mass is 383 g/mol. The second-order valence-electron chi connectivity index (χ2n) is 5.28. The van der Waals surface area contributed by atoms with Gasteiger partial charge in [0.1, 0.15) is 5.69 Å². The highest BCUT2D eigenvalue weighted by Gasteiger charge is 2.25. The fraction of sp³-hybridized carbons (Fsp3) is 0.375. The van der Waals surface area contributed by atoms with Crippen molar-refractivity contribution < 1.29 is 13.3 Å². The number of nitrogens with zero attached hydrogens (tertiary/aromatic N) is 2. The quantitative estimate of drug-likeness (QED) is 0.529. The van der Waals surface area contributed by atoms with Crippen LogP contribution in [0, 0.1) is 10.1 Å². The van der Waals surface area contributed by atoms with E-state index in [1.807, 2.05) is 17.5 Å². The number of hydrogen-bond donors (Lipinski definition) is 1. The molecule has 2 rings (SSSR count). The van der Waals surface area contributed by atoms with Crippen molar-refractivity contribution >= 4 is 32.7 Å². The summed E-state index contributed by atoms with van der Waals surface area (Å²) in [6.07, 6.45) is 0.744. The number of nitro benzene ring substituents is 1. The van der Waals surface area contributed by atoms with Crippen LogP contribution in [-0.4, -0.2) is 37.3 Å². The molecule has 1 N–H and O–H groups in total. The number of rotatable bonds is 9. The fourth-order valence-corrected chi connectivity index (χ4v) is 4.65. The maximum Gasteiger partial charge on any atom is 0.293 e. The molecule has 0 saturated heterocycles. The van der Waals surface area contributed by atoms with Crippen LogP contribution in [0.5, 0.6) is 0 Å². The first kappa shape index (κ1) is 19.4. The Morgan fingerprint density at radius 1 is 1.24 bits per heavy atom. The fourth-order valence-electron chi connectivity index (χ4n) is 2.46. The van der Waals surface area contributed by atoms with E-state index < -0.39 is 14.9 Å². The molecule has 0 bridgehead atoms. The van der Waals surface area contributed by atoms with Gasteiger partial charge in [0, 0.05) is 30.6 Å². The average molecular weight is 383 g/mol. The number of hydrogen-bond acceptors (Lipinski definition) is 6. The molecule has 0 saturated carbocycles. The van der Waals surface area contributed by atoms with Crippen LogP contribution >= 0.6 is 11.3 Å². The maximum atomic E-state index is 12.5. The van der Waals surface area contributed by atoms with Crippen molar-refractivity contribution in [2.24, 2.45) is 0 Å². The van der Waals surface area contributed by atoms with E-state index in [9.17, 15) is 18.5 Å². The van der Waals surface area contributed by atoms with Crippen LogP contribution in [0.4, 0.5) is 11.4 Å². The van der Waals surface area contributed by atoms with Crippen molar-refractivity contribution in [2.45, 2.75) is 25.2 Å². The summed E-state index contributed by atoms with van der Waals surface area (Å²) >= 11 is 1.62. The molecular formula is C16H21N3O4S2. The van der Waals surface area contributed by atoms with Crippen LogP contribution in [0.15, 0.2) is 40.6 Å². The third kappa shape index (κ3) is 4.56. The molecule has 25 heavy (non-hydrogen) atoms. The number of nitro groups is 1. The summed E-state index contributed by atoms with van der Waals surface area (Å²) in [6, 6.07) is 7.95. The van der Waals surface area contributed by atoms with Crippen molar-refractivity contribution in [1.29, 1.82) is 0 Å². The van der Waals surface area contributed by atoms with E-state index in [4.69, 9.17) is 0 Å². The Bertz CT molecular complexity index is 816. The van der Waals surface area contributed by atoms with Crippen LogP contribution < -0.4 is 5.32 Å². The summed E-state index contributed by atoms with van der Waals surface area (Å²) in [5, 5.41) is 16.4. The van der Waals surface area contributed by atoms with E-state index in [-0.39, 0.29) is 10.6 Å². The zero-order valence-electron chi connectivity index (χ0n) is 14.1. The minimum absolute atomic E-state index is 0.0632. The van der Waals surface area contributed by atoms with Gasteiger partial charge in [-0.2, -0.15) is 4.31 Å². The normalized spacial score (nSPS) is 11.6. The van der Waals surface area contributed by atoms with Gasteiger partial charge in [-0.15, -0.1) is 11.3 Å². The second-order valence-corrected chi connectivity index (χ2v) is 8.25. The third-order valence-electron chi connectivity index (χ3n) is 3.78. The molecule has 0 amide bonds. The van der Waals surface area contributed by atoms with Crippen LogP contribution in [0.1, 0.15) is 18.7 Å². The Kier molecular flexibility index (Phi) is 6.51. The number of thiophene rings is 1. The number of nitrogens with one attached hydrogen (secondary N) is 1. The molecule has 0 radical (unpaired) electrons. The third-order valence-corrected chi connectivity index (χ3v) is 6.76. The number of benzene rings is 1. The summed E-state index contributed by atoms with van der Waals surface area (Å²) < 4.78 is 26.3. The highest BCUT2D eigenvalue weighted by atomic mass is 32.2. The smallest absolute Gasteiger partial charge is 0.293 e. The van der Waals surface area contributed by atoms with Gasteiger partial charge in [-0.3, -0.25) is 10.1 Å². The van der Waals surface area contributed by atoms with Crippen molar-refractivity contribution in [3.05, 3.63) is 50.7 Å². The van der Waals surface area contributed by atoms with Gasteiger partial charge in [-0.05, 0) is 30.0 Å². The highest BCUT2D eigenvalue weighted by molar-refractivity contribution is 7.89. The molecule has 0 aliphatic carbocycles. The summed E-state index contributed by atoms with van der Waals surface area (Å²) in [7, 11) is -3.73. The van der Waals surface area contributed by atoms with Gasteiger partial charge < -0.3 is 5.32 Å². The number of sulfonamides is 1. The van der Waals surface area contributed by atoms with Crippen LogP contribution in [-0.2, 0) is 16.4 Å². The molecule has 2 aromatic rings. The molecule has 0 aliphatic heterocycles. The van der Waals surface area contributed by atoms with E-state index in [0.29, 0.717) is 25.3 Å². The minimum atomic E-state index is -3.73. The maximum absolute atomic E-state index is 12.5. The molecule has 1 heterocycles. The topological polar surface area (TPSA) is 92.6 Å². The van der Waals surface area contributed by atoms with Gasteiger partial charge in [0.05, 0.1) is 9.82 Å². The Morgan fingerprint density at radius 3 is 2.52 bits per heavy atom. The van der Waals surface area contributed by atoms with E-state index in [2.05, 4.69) is 5.32 Å². The van der Waals surface area contributed by atoms with E-state index >= 15 is 0 Å². The zero-order chi connectivity index (χ0) is 18.4. The van der Waals surface area contributed by atoms with E-state index in [1.165, 1.54) is 21.3 Å². The first-order valence-corrected chi connectivity index (χ1v) is 10.3. The zero-order valence-corrected chi connectivity index (χ0v) is 15.8. The van der Waals surface area contributed by atoms with Crippen LogP contribution in [0.3, 0.4) is 0 Å². The van der Waals surface area contributed by atoms with Crippen molar-refractivity contribution in [1.82, 2.24) is 4.31 Å². The first-order chi connectivity index (χ1) is 11.9. The standard InChI is InChI=1S/C16H21N3O4S2/c1-3-18(4-2)25(22,23)14-7-8-15(16(12-14)19(20)21)17-10-9-13-6-5-11-24-13/h5-8,11-12,17H,3-4,9-10H2,1-2H3. The summed E-state index contributed by atoms with van der Waals surface area (Å²) in [5.74, 6) is 0. The molecule has 1 aromatic carbocycles. The Balaban J connectivity index is 2.23. The van der Waals surface area contributed by atoms with Crippen molar-refractivity contribution in [3.63, 3.8) is 0 Å². The van der Waals surface area contributed by atoms with Crippen LogP contribution in [0.2, 0.25) is 0 Å². The average Bonchev–Trinajstić information content (AvgIpc) is 3.09. The minimum Gasteiger partial charge on any atom is -0.379 e. The van der Waals surface area contributed by atoms with Gasteiger partial charge in [0.15, 0.2) is 0 Å². The Labute approximate surface area is 151 Å². The number of anilines is 1. The molecular weight excluding hydrogens is 362 g/mol. The van der Waals surface area contributed by atoms with Crippen molar-refractivity contribution in [2.75, 3.05) is 25.0 Å². The Morgan fingerprint density at radius 2 is 1.96 bits per heavy atom. The molecule has 0 unspecified atom stereocenters. The lowest BCUT2D eigenvalue weighted by Crippen LogP contribution is -2.30. The predicted molar refractivity (Wildman–Crippen MR) is 99.7 cm³/mol. The van der Waals surface area contributed by atoms with E-state index in [0.717, 1.165) is 12.5 Å². The molecule has 0 spiro atoms. The molecule has 9 heteroatoms. The molecule has 136 valence electrons.